The summed E-state index contributed by atoms with van der Waals surface area (Å²) in [6.07, 6.45) is 1.27. The van der Waals surface area contributed by atoms with Gasteiger partial charge >= 0.3 is 6.09 Å². The van der Waals surface area contributed by atoms with Crippen molar-refractivity contribution in [2.45, 2.75) is 64.3 Å². The zero-order valence-corrected chi connectivity index (χ0v) is 18.3. The molecule has 0 aromatic heterocycles. The number of piperidine rings is 1. The molecule has 1 fully saturated rings. The zero-order chi connectivity index (χ0) is 21.7. The molecule has 8 nitrogen and oxygen atoms in total. The average molecular weight is 420 g/mol. The Morgan fingerprint density at radius 3 is 2.73 bits per heavy atom. The summed E-state index contributed by atoms with van der Waals surface area (Å²) >= 11 is 0. The first-order valence-electron chi connectivity index (χ1n) is 10.6. The Labute approximate surface area is 178 Å². The lowest BCUT2D eigenvalue weighted by Gasteiger charge is -2.36. The monoisotopic (exact) mass is 419 g/mol. The highest BCUT2D eigenvalue weighted by Crippen LogP contribution is 2.31. The van der Waals surface area contributed by atoms with Crippen molar-refractivity contribution in [3.05, 3.63) is 24.3 Å². The van der Waals surface area contributed by atoms with Gasteiger partial charge in [0.2, 0.25) is 5.91 Å². The highest BCUT2D eigenvalue weighted by Gasteiger charge is 2.28. The van der Waals surface area contributed by atoms with E-state index in [1.807, 2.05) is 24.3 Å². The van der Waals surface area contributed by atoms with Gasteiger partial charge in [0, 0.05) is 19.1 Å². The molecule has 0 spiro atoms. The fourth-order valence-electron chi connectivity index (χ4n) is 3.66. The molecular formula is C22H33N3O5. The number of hydrogen-bond acceptors (Lipinski definition) is 6. The van der Waals surface area contributed by atoms with E-state index in [-0.39, 0.29) is 18.1 Å². The summed E-state index contributed by atoms with van der Waals surface area (Å²) in [6.45, 7) is 9.97. The Bertz CT molecular complexity index is 749. The van der Waals surface area contributed by atoms with E-state index < -0.39 is 17.7 Å². The van der Waals surface area contributed by atoms with E-state index >= 15 is 0 Å². The maximum absolute atomic E-state index is 12.5. The Morgan fingerprint density at radius 2 is 2.00 bits per heavy atom. The first kappa shape index (κ1) is 22.2. The largest absolute Gasteiger partial charge is 0.486 e. The molecule has 0 unspecified atom stereocenters. The number of benzene rings is 1. The van der Waals surface area contributed by atoms with Gasteiger partial charge in [-0.25, -0.2) is 4.79 Å². The van der Waals surface area contributed by atoms with Crippen molar-refractivity contribution in [2.75, 3.05) is 26.2 Å². The second kappa shape index (κ2) is 9.55. The average Bonchev–Trinajstić information content (AvgIpc) is 2.66. The third-order valence-electron chi connectivity index (χ3n) is 5.01. The van der Waals surface area contributed by atoms with Crippen LogP contribution in [-0.2, 0) is 9.53 Å². The van der Waals surface area contributed by atoms with Crippen molar-refractivity contribution in [3.63, 3.8) is 0 Å². The van der Waals surface area contributed by atoms with Gasteiger partial charge in [-0.1, -0.05) is 12.1 Å². The lowest BCUT2D eigenvalue weighted by Crippen LogP contribution is -2.54. The molecule has 30 heavy (non-hydrogen) atoms. The molecule has 1 saturated heterocycles. The van der Waals surface area contributed by atoms with Gasteiger partial charge in [0.05, 0.1) is 0 Å². The quantitative estimate of drug-likeness (QED) is 0.762. The van der Waals surface area contributed by atoms with E-state index in [0.29, 0.717) is 6.61 Å². The molecule has 1 aromatic rings. The molecule has 2 amide bonds. The molecular weight excluding hydrogens is 386 g/mol. The van der Waals surface area contributed by atoms with Gasteiger partial charge in [-0.2, -0.15) is 0 Å². The topological polar surface area (TPSA) is 89.1 Å². The molecule has 2 aliphatic heterocycles. The van der Waals surface area contributed by atoms with Crippen molar-refractivity contribution >= 4 is 12.0 Å². The maximum atomic E-state index is 12.5. The lowest BCUT2D eigenvalue weighted by atomic mass is 10.0. The van der Waals surface area contributed by atoms with E-state index in [9.17, 15) is 9.59 Å². The smallest absolute Gasteiger partial charge is 0.408 e. The van der Waals surface area contributed by atoms with Gasteiger partial charge in [0.1, 0.15) is 24.4 Å². The van der Waals surface area contributed by atoms with E-state index in [4.69, 9.17) is 14.2 Å². The Hall–Kier alpha value is -2.48. The van der Waals surface area contributed by atoms with Crippen LogP contribution in [-0.4, -0.2) is 66.9 Å². The Balaban J connectivity index is 1.44. The van der Waals surface area contributed by atoms with Crippen LogP contribution in [0.1, 0.15) is 40.5 Å². The molecule has 0 bridgehead atoms. The second-order valence-corrected chi connectivity index (χ2v) is 8.97. The molecule has 3 rings (SSSR count). The third kappa shape index (κ3) is 6.52. The summed E-state index contributed by atoms with van der Waals surface area (Å²) in [7, 11) is 0. The van der Waals surface area contributed by atoms with Crippen LogP contribution in [0.5, 0.6) is 11.5 Å². The lowest BCUT2D eigenvalue weighted by molar-refractivity contribution is -0.123. The molecule has 3 atom stereocenters. The molecule has 0 aliphatic carbocycles. The number of carbonyl (C=O) groups excluding carboxylic acids is 2. The first-order valence-corrected chi connectivity index (χ1v) is 10.6. The Morgan fingerprint density at radius 1 is 1.27 bits per heavy atom. The third-order valence-corrected chi connectivity index (χ3v) is 5.01. The normalized spacial score (nSPS) is 22.7. The summed E-state index contributed by atoms with van der Waals surface area (Å²) in [6, 6.07) is 7.06. The first-order chi connectivity index (χ1) is 14.2. The van der Waals surface area contributed by atoms with Gasteiger partial charge in [0.25, 0.3) is 0 Å². The molecule has 0 saturated carbocycles. The molecule has 1 aromatic carbocycles. The van der Waals surface area contributed by atoms with Gasteiger partial charge in [-0.05, 0) is 59.2 Å². The summed E-state index contributed by atoms with van der Waals surface area (Å²) in [5.74, 6) is 1.35. The van der Waals surface area contributed by atoms with Crippen LogP contribution >= 0.6 is 0 Å². The van der Waals surface area contributed by atoms with Crippen LogP contribution in [0, 0.1) is 0 Å². The van der Waals surface area contributed by atoms with Crippen molar-refractivity contribution in [2.24, 2.45) is 0 Å². The molecule has 2 heterocycles. The zero-order valence-electron chi connectivity index (χ0n) is 18.3. The number of fused-ring (bicyclic) bond motifs is 1. The van der Waals surface area contributed by atoms with Crippen molar-refractivity contribution in [3.8, 4) is 11.5 Å². The van der Waals surface area contributed by atoms with Gasteiger partial charge < -0.3 is 24.8 Å². The fraction of sp³-hybridized carbons (Fsp3) is 0.636. The van der Waals surface area contributed by atoms with Crippen LogP contribution < -0.4 is 20.1 Å². The maximum Gasteiger partial charge on any atom is 0.408 e. The minimum atomic E-state index is -0.665. The minimum Gasteiger partial charge on any atom is -0.486 e. The fourth-order valence-corrected chi connectivity index (χ4v) is 3.66. The van der Waals surface area contributed by atoms with Gasteiger partial charge in [0.15, 0.2) is 11.5 Å². The Kier molecular flexibility index (Phi) is 7.07. The number of amides is 2. The van der Waals surface area contributed by atoms with Crippen molar-refractivity contribution in [1.29, 1.82) is 0 Å². The van der Waals surface area contributed by atoms with Crippen LogP contribution in [0.2, 0.25) is 0 Å². The van der Waals surface area contributed by atoms with Crippen LogP contribution in [0.4, 0.5) is 4.79 Å². The van der Waals surface area contributed by atoms with Gasteiger partial charge in [-0.15, -0.1) is 0 Å². The highest BCUT2D eigenvalue weighted by atomic mass is 16.6. The van der Waals surface area contributed by atoms with Gasteiger partial charge in [-0.3, -0.25) is 9.69 Å². The van der Waals surface area contributed by atoms with E-state index in [0.717, 1.165) is 44.0 Å². The predicted molar refractivity (Wildman–Crippen MR) is 113 cm³/mol. The minimum absolute atomic E-state index is 0.0333. The number of alkyl carbamates (subject to hydrolysis) is 1. The number of hydrogen-bond donors (Lipinski definition) is 2. The SMILES string of the molecule is C[C@@H](NC(=O)OC(C)(C)C)C(=O)N[C@H]1CCCN(C[C@H]2COc3ccccc3O2)C1. The summed E-state index contributed by atoms with van der Waals surface area (Å²) in [4.78, 5) is 26.7. The van der Waals surface area contributed by atoms with Crippen molar-refractivity contribution < 1.29 is 23.8 Å². The number of nitrogens with one attached hydrogen (secondary N) is 2. The highest BCUT2D eigenvalue weighted by molar-refractivity contribution is 5.85. The standard InChI is InChI=1S/C22H33N3O5/c1-15(23-21(27)30-22(2,3)4)20(26)24-16-8-7-11-25(12-16)13-17-14-28-18-9-5-6-10-19(18)29-17/h5-6,9-10,15-17H,7-8,11-14H2,1-4H3,(H,23,27)(H,24,26)/t15-,16+,17+/m1/s1. The van der Waals surface area contributed by atoms with Crippen LogP contribution in [0.25, 0.3) is 0 Å². The van der Waals surface area contributed by atoms with Crippen LogP contribution in [0.3, 0.4) is 0 Å². The molecule has 166 valence electrons. The number of carbonyl (C=O) groups is 2. The van der Waals surface area contributed by atoms with E-state index in [1.54, 1.807) is 27.7 Å². The predicted octanol–water partition coefficient (Wildman–Crippen LogP) is 2.32. The number of rotatable bonds is 5. The molecule has 0 radical (unpaired) electrons. The second-order valence-electron chi connectivity index (χ2n) is 8.97. The molecule has 2 N–H and O–H groups in total. The number of ether oxygens (including phenoxy) is 3. The molecule has 2 aliphatic rings. The van der Waals surface area contributed by atoms with Crippen LogP contribution in [0.15, 0.2) is 24.3 Å². The van der Waals surface area contributed by atoms with E-state index in [2.05, 4.69) is 15.5 Å². The van der Waals surface area contributed by atoms with E-state index in [1.165, 1.54) is 0 Å². The summed E-state index contributed by atoms with van der Waals surface area (Å²) in [5.41, 5.74) is -0.602. The van der Waals surface area contributed by atoms with Crippen molar-refractivity contribution in [1.82, 2.24) is 15.5 Å². The number of nitrogens with zero attached hydrogens (tertiary/aromatic N) is 1. The number of para-hydroxylation sites is 2. The number of likely N-dealkylation sites (tertiary alicyclic amines) is 1. The molecule has 8 heteroatoms. The summed E-state index contributed by atoms with van der Waals surface area (Å²) in [5, 5.41) is 5.64. The summed E-state index contributed by atoms with van der Waals surface area (Å²) < 4.78 is 17.1.